The number of carbonyl (C=O) groups excluding carboxylic acids is 1. The van der Waals surface area contributed by atoms with Crippen molar-refractivity contribution in [2.45, 2.75) is 32.5 Å². The summed E-state index contributed by atoms with van der Waals surface area (Å²) >= 11 is 1.53. The molecule has 1 unspecified atom stereocenters. The van der Waals surface area contributed by atoms with Crippen molar-refractivity contribution in [2.24, 2.45) is 4.99 Å². The molecular weight excluding hydrogens is 579 g/mol. The molecule has 6 rings (SSSR count). The molecule has 0 aliphatic carbocycles. The minimum absolute atomic E-state index is 0.177. The van der Waals surface area contributed by atoms with Crippen LogP contribution in [-0.2, 0) is 11.2 Å². The standard InChI is InChI=1S/C31H26F3N5O3S/c1-19-3-12-26-20(2)16-24-17-43-29(39(24)27(26)15-19)36-30(40)41-14-13-21-4-6-22(7-5-21)28-35-18-38(37-28)23-8-10-25(11-9-23)42-31(32,33)34/h3-12,15-16,18,20H,13-14,17H2,1-2H3. The van der Waals surface area contributed by atoms with Gasteiger partial charge in [-0.3, -0.25) is 4.90 Å². The van der Waals surface area contributed by atoms with Crippen LogP contribution in [0.4, 0.5) is 23.7 Å². The molecule has 0 N–H and O–H groups in total. The minimum Gasteiger partial charge on any atom is -0.448 e. The van der Waals surface area contributed by atoms with Gasteiger partial charge in [-0.25, -0.2) is 14.5 Å². The van der Waals surface area contributed by atoms with Crippen molar-refractivity contribution >= 4 is 28.7 Å². The van der Waals surface area contributed by atoms with Gasteiger partial charge in [0.2, 0.25) is 0 Å². The van der Waals surface area contributed by atoms with Crippen LogP contribution in [0.3, 0.4) is 0 Å². The van der Waals surface area contributed by atoms with Crippen molar-refractivity contribution in [1.82, 2.24) is 14.8 Å². The number of aliphatic imine (C=N–C) groups is 1. The molecule has 2 aliphatic rings. The van der Waals surface area contributed by atoms with Crippen molar-refractivity contribution in [3.63, 3.8) is 0 Å². The van der Waals surface area contributed by atoms with Gasteiger partial charge in [-0.2, -0.15) is 4.99 Å². The summed E-state index contributed by atoms with van der Waals surface area (Å²) in [6, 6.07) is 19.2. The number of hydrogen-bond acceptors (Lipinski definition) is 6. The number of aryl methyl sites for hydroxylation is 1. The van der Waals surface area contributed by atoms with E-state index in [0.717, 1.165) is 33.8 Å². The quantitative estimate of drug-likeness (QED) is 0.226. The first-order valence-electron chi connectivity index (χ1n) is 13.5. The summed E-state index contributed by atoms with van der Waals surface area (Å²) in [5.41, 5.74) is 6.80. The Morgan fingerprint density at radius 2 is 1.86 bits per heavy atom. The van der Waals surface area contributed by atoms with Crippen LogP contribution in [0.1, 0.15) is 29.5 Å². The molecule has 0 radical (unpaired) electrons. The molecule has 3 aromatic carbocycles. The molecule has 0 spiro atoms. The molecule has 43 heavy (non-hydrogen) atoms. The zero-order chi connectivity index (χ0) is 30.1. The predicted molar refractivity (Wildman–Crippen MR) is 159 cm³/mol. The molecule has 1 aromatic heterocycles. The first kappa shape index (κ1) is 28.5. The summed E-state index contributed by atoms with van der Waals surface area (Å²) in [5.74, 6) is 1.20. The highest BCUT2D eigenvalue weighted by Crippen LogP contribution is 2.43. The molecule has 1 amide bonds. The van der Waals surface area contributed by atoms with Crippen LogP contribution in [0.5, 0.6) is 5.75 Å². The van der Waals surface area contributed by atoms with Gasteiger partial charge >= 0.3 is 12.5 Å². The van der Waals surface area contributed by atoms with Gasteiger partial charge in [-0.1, -0.05) is 61.2 Å². The number of amidine groups is 1. The summed E-state index contributed by atoms with van der Waals surface area (Å²) in [6.45, 7) is 4.40. The van der Waals surface area contributed by atoms with E-state index in [-0.39, 0.29) is 12.4 Å². The molecule has 8 nitrogen and oxygen atoms in total. The first-order chi connectivity index (χ1) is 20.6. The van der Waals surface area contributed by atoms with Gasteiger partial charge in [0.25, 0.3) is 0 Å². The van der Waals surface area contributed by atoms with Gasteiger partial charge in [0.05, 0.1) is 18.0 Å². The Kier molecular flexibility index (Phi) is 7.70. The smallest absolute Gasteiger partial charge is 0.448 e. The Bertz CT molecular complexity index is 1720. The number of thioether (sulfide) groups is 1. The van der Waals surface area contributed by atoms with E-state index in [1.807, 2.05) is 24.3 Å². The lowest BCUT2D eigenvalue weighted by Gasteiger charge is -2.30. The number of allylic oxidation sites excluding steroid dienone is 1. The van der Waals surface area contributed by atoms with E-state index in [1.165, 1.54) is 52.6 Å². The van der Waals surface area contributed by atoms with Crippen LogP contribution in [0.25, 0.3) is 17.1 Å². The fourth-order valence-corrected chi connectivity index (χ4v) is 5.96. The summed E-state index contributed by atoms with van der Waals surface area (Å²) < 4.78 is 48.0. The first-order valence-corrected chi connectivity index (χ1v) is 14.5. The number of halogens is 3. The second kappa shape index (κ2) is 11.6. The van der Waals surface area contributed by atoms with Crippen molar-refractivity contribution in [2.75, 3.05) is 17.3 Å². The molecule has 12 heteroatoms. The molecule has 3 heterocycles. The normalized spacial score (nSPS) is 17.0. The Morgan fingerprint density at radius 1 is 1.09 bits per heavy atom. The van der Waals surface area contributed by atoms with E-state index in [1.54, 1.807) is 0 Å². The average Bonchev–Trinajstić information content (AvgIpc) is 3.61. The van der Waals surface area contributed by atoms with Crippen molar-refractivity contribution in [3.8, 4) is 22.8 Å². The fraction of sp³-hybridized carbons (Fsp3) is 0.226. The summed E-state index contributed by atoms with van der Waals surface area (Å²) in [7, 11) is 0. The number of aromatic nitrogens is 3. The van der Waals surface area contributed by atoms with E-state index in [0.29, 0.717) is 29.0 Å². The molecule has 220 valence electrons. The molecule has 1 atom stereocenters. The Labute approximate surface area is 249 Å². The van der Waals surface area contributed by atoms with E-state index >= 15 is 0 Å². The third-order valence-electron chi connectivity index (χ3n) is 7.03. The number of rotatable bonds is 6. The maximum Gasteiger partial charge on any atom is 0.573 e. The van der Waals surface area contributed by atoms with E-state index in [4.69, 9.17) is 4.74 Å². The molecule has 1 saturated heterocycles. The lowest BCUT2D eigenvalue weighted by molar-refractivity contribution is -0.274. The van der Waals surface area contributed by atoms with Gasteiger partial charge in [-0.05, 0) is 53.9 Å². The number of benzene rings is 3. The second-order valence-electron chi connectivity index (χ2n) is 10.1. The monoisotopic (exact) mass is 605 g/mol. The van der Waals surface area contributed by atoms with E-state index in [9.17, 15) is 18.0 Å². The molecule has 0 saturated carbocycles. The summed E-state index contributed by atoms with van der Waals surface area (Å²) in [6.07, 6.45) is -1.17. The van der Waals surface area contributed by atoms with Gasteiger partial charge < -0.3 is 9.47 Å². The fourth-order valence-electron chi connectivity index (χ4n) is 4.97. The van der Waals surface area contributed by atoms with Crippen LogP contribution in [0.15, 0.2) is 89.8 Å². The Morgan fingerprint density at radius 3 is 2.60 bits per heavy atom. The molecule has 2 aliphatic heterocycles. The number of anilines is 1. The maximum absolute atomic E-state index is 12.6. The lowest BCUT2D eigenvalue weighted by atomic mass is 9.93. The van der Waals surface area contributed by atoms with Crippen molar-refractivity contribution in [3.05, 3.63) is 102 Å². The highest BCUT2D eigenvalue weighted by molar-refractivity contribution is 8.14. The van der Waals surface area contributed by atoms with Gasteiger partial charge in [0.15, 0.2) is 11.0 Å². The van der Waals surface area contributed by atoms with Crippen LogP contribution >= 0.6 is 11.8 Å². The third-order valence-corrected chi connectivity index (χ3v) is 8.00. The van der Waals surface area contributed by atoms with Gasteiger partial charge in [0, 0.05) is 29.4 Å². The highest BCUT2D eigenvalue weighted by Gasteiger charge is 2.33. The zero-order valence-corrected chi connectivity index (χ0v) is 24.0. The lowest BCUT2D eigenvalue weighted by Crippen LogP contribution is -2.27. The number of nitrogens with zero attached hydrogens (tertiary/aromatic N) is 5. The Hall–Kier alpha value is -4.58. The number of fused-ring (bicyclic) bond motifs is 3. The number of hydrogen-bond donors (Lipinski definition) is 0. The van der Waals surface area contributed by atoms with Crippen LogP contribution < -0.4 is 9.64 Å². The van der Waals surface area contributed by atoms with Crippen molar-refractivity contribution < 1.29 is 27.4 Å². The van der Waals surface area contributed by atoms with E-state index in [2.05, 4.69) is 62.8 Å². The zero-order valence-electron chi connectivity index (χ0n) is 23.2. The highest BCUT2D eigenvalue weighted by atomic mass is 32.2. The van der Waals surface area contributed by atoms with Crippen LogP contribution in [-0.4, -0.2) is 44.7 Å². The second-order valence-corrected chi connectivity index (χ2v) is 11.1. The van der Waals surface area contributed by atoms with E-state index < -0.39 is 12.5 Å². The topological polar surface area (TPSA) is 81.8 Å². The van der Waals surface area contributed by atoms with Crippen LogP contribution in [0.2, 0.25) is 0 Å². The SMILES string of the molecule is Cc1ccc2c(c1)N1C(=CC2C)CSC1=NC(=O)OCCc1ccc(-c2ncn(-c3ccc(OC(F)(F)F)cc3)n2)cc1. The average molecular weight is 606 g/mol. The number of ether oxygens (including phenoxy) is 2. The number of carbonyl (C=O) groups is 1. The summed E-state index contributed by atoms with van der Waals surface area (Å²) in [4.78, 5) is 23.2. The largest absolute Gasteiger partial charge is 0.573 e. The van der Waals surface area contributed by atoms with Crippen LogP contribution in [0, 0.1) is 6.92 Å². The minimum atomic E-state index is -4.75. The molecule has 4 aromatic rings. The van der Waals surface area contributed by atoms with Gasteiger partial charge in [-0.15, -0.1) is 18.3 Å². The Balaban J connectivity index is 1.04. The number of alkyl halides is 3. The van der Waals surface area contributed by atoms with Gasteiger partial charge in [0.1, 0.15) is 12.1 Å². The predicted octanol–water partition coefficient (Wildman–Crippen LogP) is 7.43. The molecular formula is C31H26F3N5O3S. The molecule has 1 fully saturated rings. The summed E-state index contributed by atoms with van der Waals surface area (Å²) in [5, 5.41) is 5.04. The molecule has 0 bridgehead atoms. The number of amides is 1. The third kappa shape index (κ3) is 6.43. The van der Waals surface area contributed by atoms with Crippen molar-refractivity contribution in [1.29, 1.82) is 0 Å². The maximum atomic E-state index is 12.6.